The van der Waals surface area contributed by atoms with Gasteiger partial charge in [-0.25, -0.2) is 9.59 Å². The van der Waals surface area contributed by atoms with Crippen molar-refractivity contribution in [2.75, 3.05) is 26.9 Å². The van der Waals surface area contributed by atoms with Crippen LogP contribution >= 0.6 is 0 Å². The molecular formula is C22H25NO11. The number of hydrogen-bond acceptors (Lipinski definition) is 11. The fourth-order valence-corrected chi connectivity index (χ4v) is 2.77. The van der Waals surface area contributed by atoms with Crippen molar-refractivity contribution in [2.24, 2.45) is 0 Å². The van der Waals surface area contributed by atoms with Gasteiger partial charge in [-0.1, -0.05) is 24.3 Å². The van der Waals surface area contributed by atoms with E-state index in [9.17, 15) is 24.5 Å². The maximum atomic E-state index is 12.0. The van der Waals surface area contributed by atoms with Gasteiger partial charge < -0.3 is 23.7 Å². The molecule has 12 nitrogen and oxygen atoms in total. The van der Waals surface area contributed by atoms with Crippen LogP contribution in [0.25, 0.3) is 10.8 Å². The maximum absolute atomic E-state index is 12.0. The minimum atomic E-state index is -1.39. The zero-order valence-electron chi connectivity index (χ0n) is 18.7. The van der Waals surface area contributed by atoms with Crippen molar-refractivity contribution in [1.82, 2.24) is 0 Å². The van der Waals surface area contributed by atoms with Gasteiger partial charge in [0, 0.05) is 0 Å². The molecule has 0 N–H and O–H groups in total. The van der Waals surface area contributed by atoms with Crippen molar-refractivity contribution in [2.45, 2.75) is 32.5 Å². The summed E-state index contributed by atoms with van der Waals surface area (Å²) >= 11 is 0. The zero-order valence-corrected chi connectivity index (χ0v) is 18.7. The lowest BCUT2D eigenvalue weighted by molar-refractivity contribution is -0.777. The van der Waals surface area contributed by atoms with E-state index in [1.807, 2.05) is 30.3 Å². The summed E-state index contributed by atoms with van der Waals surface area (Å²) in [6.45, 7) is 0.634. The lowest BCUT2D eigenvalue weighted by Crippen LogP contribution is -2.22. The van der Waals surface area contributed by atoms with Gasteiger partial charge in [0.15, 0.2) is 6.61 Å². The van der Waals surface area contributed by atoms with Crippen LogP contribution in [0, 0.1) is 10.1 Å². The molecule has 0 aliphatic carbocycles. The predicted molar refractivity (Wildman–Crippen MR) is 115 cm³/mol. The highest BCUT2D eigenvalue weighted by Crippen LogP contribution is 2.22. The first-order valence-electron chi connectivity index (χ1n) is 10.3. The number of hydrogen-bond donors (Lipinski definition) is 0. The van der Waals surface area contributed by atoms with Crippen LogP contribution in [0.3, 0.4) is 0 Å². The molecule has 2 rings (SSSR count). The van der Waals surface area contributed by atoms with Crippen molar-refractivity contribution in [1.29, 1.82) is 0 Å². The van der Waals surface area contributed by atoms with Gasteiger partial charge in [0.2, 0.25) is 6.29 Å². The van der Waals surface area contributed by atoms with E-state index >= 15 is 0 Å². The molecule has 0 aromatic heterocycles. The van der Waals surface area contributed by atoms with Crippen molar-refractivity contribution in [3.63, 3.8) is 0 Å². The minimum absolute atomic E-state index is 0.00795. The molecule has 34 heavy (non-hydrogen) atoms. The standard InChI is InChI=1S/C22H25NO11/c1-15(34-23(27)28)33-22(26)31-10-4-3-9-30-21(25)14-32-20(24)12-16-5-6-18-13-19(29-2)8-7-17(18)11-16/h5-8,11,13,15H,3-4,9-10,12,14H2,1-2H3. The van der Waals surface area contributed by atoms with E-state index in [1.54, 1.807) is 13.2 Å². The number of carbonyl (C=O) groups excluding carboxylic acids is 3. The molecule has 0 radical (unpaired) electrons. The summed E-state index contributed by atoms with van der Waals surface area (Å²) in [6, 6.07) is 11.1. The van der Waals surface area contributed by atoms with E-state index in [0.717, 1.165) is 29.0 Å². The van der Waals surface area contributed by atoms with Crippen molar-refractivity contribution >= 4 is 28.9 Å². The first-order valence-corrected chi connectivity index (χ1v) is 10.3. The molecule has 0 spiro atoms. The van der Waals surface area contributed by atoms with E-state index in [2.05, 4.69) is 9.57 Å². The molecule has 2 aromatic carbocycles. The van der Waals surface area contributed by atoms with Gasteiger partial charge in [-0.05, 0) is 48.2 Å². The molecule has 0 amide bonds. The third-order valence-corrected chi connectivity index (χ3v) is 4.33. The van der Waals surface area contributed by atoms with Gasteiger partial charge in [0.25, 0.3) is 5.09 Å². The number of fused-ring (bicyclic) bond motifs is 1. The van der Waals surface area contributed by atoms with E-state index in [1.165, 1.54) is 0 Å². The molecule has 0 heterocycles. The van der Waals surface area contributed by atoms with E-state index in [4.69, 9.17) is 18.9 Å². The highest BCUT2D eigenvalue weighted by atomic mass is 17.0. The number of carbonyl (C=O) groups is 3. The second-order valence-corrected chi connectivity index (χ2v) is 6.93. The predicted octanol–water partition coefficient (Wildman–Crippen LogP) is 2.97. The molecule has 2 aromatic rings. The second-order valence-electron chi connectivity index (χ2n) is 6.93. The molecule has 0 saturated carbocycles. The average Bonchev–Trinajstić information content (AvgIpc) is 2.79. The Morgan fingerprint density at radius 2 is 1.62 bits per heavy atom. The average molecular weight is 479 g/mol. The molecule has 0 fully saturated rings. The van der Waals surface area contributed by atoms with Crippen LogP contribution in [0.2, 0.25) is 0 Å². The number of benzene rings is 2. The van der Waals surface area contributed by atoms with Crippen LogP contribution in [0.15, 0.2) is 36.4 Å². The van der Waals surface area contributed by atoms with Crippen LogP contribution in [0.1, 0.15) is 25.3 Å². The van der Waals surface area contributed by atoms with E-state index < -0.39 is 36.1 Å². The lowest BCUT2D eigenvalue weighted by Gasteiger charge is -2.10. The summed E-state index contributed by atoms with van der Waals surface area (Å²) in [4.78, 5) is 49.0. The second kappa shape index (κ2) is 13.5. The Labute approximate surface area is 194 Å². The Bertz CT molecular complexity index is 1010. The quantitative estimate of drug-likeness (QED) is 0.104. The number of esters is 2. The summed E-state index contributed by atoms with van der Waals surface area (Å²) < 4.78 is 24.2. The van der Waals surface area contributed by atoms with Crippen molar-refractivity contribution < 1.29 is 48.0 Å². The Kier molecular flexibility index (Phi) is 10.4. The largest absolute Gasteiger partial charge is 0.510 e. The third-order valence-electron chi connectivity index (χ3n) is 4.33. The Balaban J connectivity index is 1.58. The number of nitrogens with zero attached hydrogens (tertiary/aromatic N) is 1. The maximum Gasteiger partial charge on any atom is 0.510 e. The fourth-order valence-electron chi connectivity index (χ4n) is 2.77. The van der Waals surface area contributed by atoms with Gasteiger partial charge in [0.1, 0.15) is 5.75 Å². The number of unbranched alkanes of at least 4 members (excludes halogenated alkanes) is 1. The highest BCUT2D eigenvalue weighted by Gasteiger charge is 2.14. The summed E-state index contributed by atoms with van der Waals surface area (Å²) in [5.74, 6) is -0.528. The van der Waals surface area contributed by atoms with Gasteiger partial charge in [-0.15, -0.1) is 10.1 Å². The van der Waals surface area contributed by atoms with Crippen LogP contribution in [-0.4, -0.2) is 56.4 Å². The summed E-state index contributed by atoms with van der Waals surface area (Å²) in [5.41, 5.74) is 0.744. The van der Waals surface area contributed by atoms with Crippen LogP contribution in [-0.2, 0) is 39.8 Å². The van der Waals surface area contributed by atoms with Crippen LogP contribution in [0.5, 0.6) is 5.75 Å². The van der Waals surface area contributed by atoms with Crippen molar-refractivity contribution in [3.05, 3.63) is 52.1 Å². The van der Waals surface area contributed by atoms with E-state index in [0.29, 0.717) is 12.8 Å². The smallest absolute Gasteiger partial charge is 0.497 e. The number of rotatable bonds is 13. The molecule has 184 valence electrons. The fraction of sp³-hybridized carbons (Fsp3) is 0.409. The molecular weight excluding hydrogens is 454 g/mol. The molecule has 0 saturated heterocycles. The topological polar surface area (TPSA) is 150 Å². The molecule has 1 atom stereocenters. The van der Waals surface area contributed by atoms with Crippen molar-refractivity contribution in [3.8, 4) is 5.75 Å². The molecule has 0 bridgehead atoms. The highest BCUT2D eigenvalue weighted by molar-refractivity contribution is 5.86. The molecule has 12 heteroatoms. The lowest BCUT2D eigenvalue weighted by atomic mass is 10.0. The van der Waals surface area contributed by atoms with Crippen LogP contribution in [0.4, 0.5) is 4.79 Å². The Morgan fingerprint density at radius 1 is 0.941 bits per heavy atom. The Morgan fingerprint density at radius 3 is 2.32 bits per heavy atom. The number of methoxy groups -OCH3 is 1. The minimum Gasteiger partial charge on any atom is -0.497 e. The Hall–Kier alpha value is -4.09. The monoisotopic (exact) mass is 479 g/mol. The third kappa shape index (κ3) is 9.59. The first kappa shape index (κ1) is 26.2. The van der Waals surface area contributed by atoms with E-state index in [-0.39, 0.29) is 19.6 Å². The molecule has 0 aliphatic heterocycles. The van der Waals surface area contributed by atoms with Gasteiger partial charge in [-0.2, -0.15) is 0 Å². The summed E-state index contributed by atoms with van der Waals surface area (Å²) in [6.07, 6.45) is -1.79. The summed E-state index contributed by atoms with van der Waals surface area (Å²) in [5, 5.41) is 10.9. The zero-order chi connectivity index (χ0) is 24.9. The van der Waals surface area contributed by atoms with Gasteiger partial charge in [-0.3, -0.25) is 9.63 Å². The molecule has 0 aliphatic rings. The SMILES string of the molecule is COc1ccc2cc(CC(=O)OCC(=O)OCCCCOC(=O)OC(C)O[N+](=O)[O-])ccc2c1. The van der Waals surface area contributed by atoms with Gasteiger partial charge >= 0.3 is 18.1 Å². The molecule has 1 unspecified atom stereocenters. The normalized spacial score (nSPS) is 11.2. The first-order chi connectivity index (χ1) is 16.3. The number of ether oxygens (including phenoxy) is 5. The van der Waals surface area contributed by atoms with Gasteiger partial charge in [0.05, 0.1) is 26.7 Å². The summed E-state index contributed by atoms with van der Waals surface area (Å²) in [7, 11) is 1.59. The van der Waals surface area contributed by atoms with Crippen LogP contribution < -0.4 is 4.74 Å².